The van der Waals surface area contributed by atoms with Gasteiger partial charge in [-0.1, -0.05) is 18.2 Å². The van der Waals surface area contributed by atoms with E-state index in [9.17, 15) is 20.1 Å². The molecule has 2 aromatic carbocycles. The van der Waals surface area contributed by atoms with Gasteiger partial charge in [0.2, 0.25) is 5.75 Å². The van der Waals surface area contributed by atoms with Crippen molar-refractivity contribution in [1.82, 2.24) is 10.4 Å². The first-order valence-corrected chi connectivity index (χ1v) is 7.83. The number of nitrogens with zero attached hydrogens (tertiary/aromatic N) is 2. The van der Waals surface area contributed by atoms with Crippen LogP contribution in [0.1, 0.15) is 28.5 Å². The van der Waals surface area contributed by atoms with Crippen LogP contribution >= 0.6 is 0 Å². The molecule has 0 atom stereocenters. The summed E-state index contributed by atoms with van der Waals surface area (Å²) >= 11 is 0. The number of phenols is 3. The average molecular weight is 351 g/mol. The van der Waals surface area contributed by atoms with Gasteiger partial charge in [0.1, 0.15) is 0 Å². The Bertz CT molecular complexity index is 1040. The molecule has 0 bridgehead atoms. The van der Waals surface area contributed by atoms with Gasteiger partial charge in [0.15, 0.2) is 11.5 Å². The second kappa shape index (κ2) is 6.72. The Kier molecular flexibility index (Phi) is 4.45. The number of phenolic OH excluding ortho intramolecular Hbond substituents is 3. The molecule has 0 unspecified atom stereocenters. The van der Waals surface area contributed by atoms with E-state index >= 15 is 0 Å². The molecule has 0 aliphatic heterocycles. The zero-order valence-corrected chi connectivity index (χ0v) is 14.2. The van der Waals surface area contributed by atoms with Gasteiger partial charge in [0.05, 0.1) is 16.8 Å². The fourth-order valence-corrected chi connectivity index (χ4v) is 2.61. The molecule has 0 saturated heterocycles. The number of hydrazone groups is 1. The lowest BCUT2D eigenvalue weighted by Crippen LogP contribution is -2.20. The third-order valence-electron chi connectivity index (χ3n) is 3.93. The van der Waals surface area contributed by atoms with E-state index in [1.807, 2.05) is 18.2 Å². The van der Waals surface area contributed by atoms with Crippen molar-refractivity contribution < 1.29 is 20.1 Å². The lowest BCUT2D eigenvalue weighted by atomic mass is 10.1. The predicted octanol–water partition coefficient (Wildman–Crippen LogP) is 2.81. The van der Waals surface area contributed by atoms with Crippen molar-refractivity contribution in [3.63, 3.8) is 0 Å². The quantitative estimate of drug-likeness (QED) is 0.329. The summed E-state index contributed by atoms with van der Waals surface area (Å²) in [5.74, 6) is -2.01. The summed E-state index contributed by atoms with van der Waals surface area (Å²) in [6, 6.07) is 11.6. The molecule has 4 N–H and O–H groups in total. The SMILES string of the molecule is CC(=NNC(=O)c1cc(C)nc2ccccc12)c1ccc(O)c(O)c1O. The number of hydrogen-bond donors (Lipinski definition) is 4. The van der Waals surface area contributed by atoms with E-state index in [2.05, 4.69) is 15.5 Å². The summed E-state index contributed by atoms with van der Waals surface area (Å²) < 4.78 is 0. The first-order chi connectivity index (χ1) is 12.4. The van der Waals surface area contributed by atoms with Crippen molar-refractivity contribution in [2.45, 2.75) is 13.8 Å². The summed E-state index contributed by atoms with van der Waals surface area (Å²) in [4.78, 5) is 16.9. The van der Waals surface area contributed by atoms with E-state index in [1.54, 1.807) is 26.0 Å². The summed E-state index contributed by atoms with van der Waals surface area (Å²) in [7, 11) is 0. The molecule has 3 aromatic rings. The molecule has 0 saturated carbocycles. The van der Waals surface area contributed by atoms with Gasteiger partial charge in [-0.25, -0.2) is 5.43 Å². The third kappa shape index (κ3) is 3.14. The second-order valence-electron chi connectivity index (χ2n) is 5.80. The number of aromatic nitrogens is 1. The Morgan fingerprint density at radius 3 is 2.54 bits per heavy atom. The Labute approximate surface area is 149 Å². The van der Waals surface area contributed by atoms with Crippen LogP contribution in [0.5, 0.6) is 17.2 Å². The van der Waals surface area contributed by atoms with E-state index < -0.39 is 23.2 Å². The van der Waals surface area contributed by atoms with Crippen LogP contribution < -0.4 is 5.43 Å². The number of benzene rings is 2. The Hall–Kier alpha value is -3.61. The molecular formula is C19H17N3O4. The molecule has 0 fully saturated rings. The fourth-order valence-electron chi connectivity index (χ4n) is 2.61. The number of rotatable bonds is 3. The number of carbonyl (C=O) groups is 1. The minimum absolute atomic E-state index is 0.191. The first kappa shape index (κ1) is 17.2. The van der Waals surface area contributed by atoms with Crippen molar-refractivity contribution >= 4 is 22.5 Å². The molecule has 3 rings (SSSR count). The molecule has 7 heteroatoms. The van der Waals surface area contributed by atoms with Crippen molar-refractivity contribution in [3.05, 3.63) is 59.3 Å². The number of aromatic hydroxyl groups is 3. The minimum Gasteiger partial charge on any atom is -0.504 e. The normalized spacial score (nSPS) is 11.5. The minimum atomic E-state index is -0.640. The van der Waals surface area contributed by atoms with E-state index in [0.29, 0.717) is 22.2 Å². The summed E-state index contributed by atoms with van der Waals surface area (Å²) in [6.45, 7) is 3.36. The molecule has 0 aliphatic carbocycles. The van der Waals surface area contributed by atoms with Gasteiger partial charge in [-0.3, -0.25) is 9.78 Å². The third-order valence-corrected chi connectivity index (χ3v) is 3.93. The number of fused-ring (bicyclic) bond motifs is 1. The summed E-state index contributed by atoms with van der Waals surface area (Å²) in [6.07, 6.45) is 0. The highest BCUT2D eigenvalue weighted by Gasteiger charge is 2.15. The van der Waals surface area contributed by atoms with Gasteiger partial charge in [0.25, 0.3) is 5.91 Å². The van der Waals surface area contributed by atoms with Crippen molar-refractivity contribution in [1.29, 1.82) is 0 Å². The smallest absolute Gasteiger partial charge is 0.272 e. The number of amides is 1. The number of pyridine rings is 1. The van der Waals surface area contributed by atoms with Crippen LogP contribution in [0, 0.1) is 6.92 Å². The van der Waals surface area contributed by atoms with Crippen molar-refractivity contribution in [2.24, 2.45) is 5.10 Å². The zero-order chi connectivity index (χ0) is 18.8. The maximum atomic E-state index is 12.6. The molecule has 1 aromatic heterocycles. The zero-order valence-electron chi connectivity index (χ0n) is 14.2. The van der Waals surface area contributed by atoms with Gasteiger partial charge in [0, 0.05) is 16.6 Å². The van der Waals surface area contributed by atoms with Gasteiger partial charge in [-0.05, 0) is 38.1 Å². The van der Waals surface area contributed by atoms with Crippen molar-refractivity contribution in [3.8, 4) is 17.2 Å². The molecule has 0 aliphatic rings. The standard InChI is InChI=1S/C19H17N3O4/c1-10-9-14(13-5-3-4-6-15(13)20-10)19(26)22-21-11(2)12-7-8-16(23)18(25)17(12)24/h3-9,23-25H,1-2H3,(H,22,26). The average Bonchev–Trinajstić information content (AvgIpc) is 2.63. The topological polar surface area (TPSA) is 115 Å². The number of para-hydroxylation sites is 1. The lowest BCUT2D eigenvalue weighted by molar-refractivity contribution is 0.0956. The predicted molar refractivity (Wildman–Crippen MR) is 97.6 cm³/mol. The highest BCUT2D eigenvalue weighted by molar-refractivity contribution is 6.07. The van der Waals surface area contributed by atoms with Gasteiger partial charge in [-0.15, -0.1) is 0 Å². The monoisotopic (exact) mass is 351 g/mol. The van der Waals surface area contributed by atoms with Gasteiger partial charge in [-0.2, -0.15) is 5.10 Å². The largest absolute Gasteiger partial charge is 0.504 e. The molecule has 1 amide bonds. The van der Waals surface area contributed by atoms with Crippen LogP contribution in [0.3, 0.4) is 0 Å². The molecule has 0 radical (unpaired) electrons. The Morgan fingerprint density at radius 1 is 1.04 bits per heavy atom. The lowest BCUT2D eigenvalue weighted by Gasteiger charge is -2.09. The number of aryl methyl sites for hydroxylation is 1. The highest BCUT2D eigenvalue weighted by Crippen LogP contribution is 2.37. The maximum absolute atomic E-state index is 12.6. The summed E-state index contributed by atoms with van der Waals surface area (Å²) in [5.41, 5.74) is 4.74. The molecular weight excluding hydrogens is 334 g/mol. The van der Waals surface area contributed by atoms with Crippen LogP contribution in [0.25, 0.3) is 10.9 Å². The van der Waals surface area contributed by atoms with E-state index in [1.165, 1.54) is 12.1 Å². The molecule has 7 nitrogen and oxygen atoms in total. The Morgan fingerprint density at radius 2 is 1.77 bits per heavy atom. The van der Waals surface area contributed by atoms with Crippen LogP contribution in [0.4, 0.5) is 0 Å². The number of nitrogens with one attached hydrogen (secondary N) is 1. The first-order valence-electron chi connectivity index (χ1n) is 7.83. The second-order valence-corrected chi connectivity index (χ2v) is 5.80. The van der Waals surface area contributed by atoms with Crippen LogP contribution in [-0.4, -0.2) is 31.9 Å². The van der Waals surface area contributed by atoms with Crippen LogP contribution in [-0.2, 0) is 0 Å². The maximum Gasteiger partial charge on any atom is 0.272 e. The summed E-state index contributed by atoms with van der Waals surface area (Å²) in [5, 5.41) is 33.5. The molecule has 26 heavy (non-hydrogen) atoms. The molecule has 0 spiro atoms. The van der Waals surface area contributed by atoms with E-state index in [4.69, 9.17) is 0 Å². The van der Waals surface area contributed by atoms with Crippen LogP contribution in [0.2, 0.25) is 0 Å². The molecule has 132 valence electrons. The fraction of sp³-hybridized carbons (Fsp3) is 0.105. The van der Waals surface area contributed by atoms with Crippen molar-refractivity contribution in [2.75, 3.05) is 0 Å². The van der Waals surface area contributed by atoms with E-state index in [-0.39, 0.29) is 11.3 Å². The molecule has 1 heterocycles. The highest BCUT2D eigenvalue weighted by atomic mass is 16.3. The van der Waals surface area contributed by atoms with Gasteiger partial charge >= 0.3 is 0 Å². The Balaban J connectivity index is 1.92. The number of hydrogen-bond acceptors (Lipinski definition) is 6. The van der Waals surface area contributed by atoms with Gasteiger partial charge < -0.3 is 15.3 Å². The van der Waals surface area contributed by atoms with E-state index in [0.717, 1.165) is 0 Å². The number of carbonyl (C=O) groups excluding carboxylic acids is 1. The van der Waals surface area contributed by atoms with Crippen LogP contribution in [0.15, 0.2) is 47.6 Å².